The summed E-state index contributed by atoms with van der Waals surface area (Å²) >= 11 is 5.53. The van der Waals surface area contributed by atoms with Crippen LogP contribution < -0.4 is 0 Å². The van der Waals surface area contributed by atoms with E-state index in [2.05, 4.69) is 9.97 Å². The lowest BCUT2D eigenvalue weighted by Gasteiger charge is -2.05. The zero-order valence-corrected chi connectivity index (χ0v) is 24.3. The zero-order valence-electron chi connectivity index (χ0n) is 21.0. The second kappa shape index (κ2) is 10.3. The van der Waals surface area contributed by atoms with Gasteiger partial charge in [-0.25, -0.2) is 9.97 Å². The maximum atomic E-state index is 13.3. The maximum Gasteiger partial charge on any atom is 0.250 e. The fourth-order valence-electron chi connectivity index (χ4n) is 4.09. The number of rotatable bonds is 6. The first-order valence-electron chi connectivity index (χ1n) is 11.9. The number of benzene rings is 4. The fraction of sp³-hybridized carbons (Fsp3) is 0.0690. The van der Waals surface area contributed by atoms with Gasteiger partial charge in [0.2, 0.25) is 5.78 Å². The summed E-state index contributed by atoms with van der Waals surface area (Å²) in [6.45, 7) is 3.85. The van der Waals surface area contributed by atoms with Crippen LogP contribution in [-0.2, 0) is 0 Å². The van der Waals surface area contributed by atoms with Crippen molar-refractivity contribution in [2.24, 2.45) is 0 Å². The van der Waals surface area contributed by atoms with Gasteiger partial charge in [-0.15, -0.1) is 22.7 Å². The minimum atomic E-state index is -0.224. The van der Waals surface area contributed by atoms with Gasteiger partial charge in [-0.2, -0.15) is 0 Å². The van der Waals surface area contributed by atoms with Gasteiger partial charge in [0.15, 0.2) is 33.0 Å². The Balaban J connectivity index is 1.22. The van der Waals surface area contributed by atoms with Crippen LogP contribution in [0.25, 0.3) is 21.5 Å². The highest BCUT2D eigenvalue weighted by Crippen LogP contribution is 2.39. The van der Waals surface area contributed by atoms with Crippen LogP contribution in [0, 0.1) is 13.8 Å². The Labute approximate surface area is 244 Å². The van der Waals surface area contributed by atoms with Gasteiger partial charge in [0.05, 0.1) is 0 Å². The summed E-state index contributed by atoms with van der Waals surface area (Å²) < 4.78 is 0. The average molecular weight is 605 g/mol. The third kappa shape index (κ3) is 5.08. The predicted molar refractivity (Wildman–Crippen MR) is 160 cm³/mol. The second-order valence-electron chi connectivity index (χ2n) is 8.99. The molecule has 7 nitrogen and oxygen atoms in total. The van der Waals surface area contributed by atoms with Crippen LogP contribution in [0.15, 0.2) is 80.5 Å². The van der Waals surface area contributed by atoms with Crippen molar-refractivity contribution < 1.29 is 25.2 Å². The van der Waals surface area contributed by atoms with Crippen molar-refractivity contribution in [1.82, 2.24) is 9.97 Å². The summed E-state index contributed by atoms with van der Waals surface area (Å²) in [6, 6.07) is 17.4. The van der Waals surface area contributed by atoms with Crippen molar-refractivity contribution in [3.8, 4) is 23.0 Å². The Hall–Kier alpha value is -3.77. The van der Waals surface area contributed by atoms with Gasteiger partial charge in [0.1, 0.15) is 10.1 Å². The molecule has 4 N–H and O–H groups in total. The van der Waals surface area contributed by atoms with E-state index in [9.17, 15) is 25.2 Å². The summed E-state index contributed by atoms with van der Waals surface area (Å²) in [6.07, 6.45) is 0. The molecule has 6 aromatic rings. The second-order valence-corrected chi connectivity index (χ2v) is 13.5. The molecule has 0 amide bonds. The van der Waals surface area contributed by atoms with E-state index < -0.39 is 0 Å². The number of fused-ring (bicyclic) bond motifs is 2. The molecule has 2 heterocycles. The number of ketones is 1. The molecular weight excluding hydrogens is 585 g/mol. The van der Waals surface area contributed by atoms with Crippen molar-refractivity contribution >= 4 is 73.5 Å². The van der Waals surface area contributed by atoms with Crippen molar-refractivity contribution in [1.29, 1.82) is 0 Å². The first-order chi connectivity index (χ1) is 19.1. The quantitative estimate of drug-likeness (QED) is 0.111. The van der Waals surface area contributed by atoms with E-state index in [0.29, 0.717) is 10.0 Å². The molecule has 0 aliphatic carbocycles. The van der Waals surface area contributed by atoms with E-state index in [-0.39, 0.29) is 28.8 Å². The third-order valence-corrected chi connectivity index (χ3v) is 10.5. The Morgan fingerprint density at radius 3 is 1.38 bits per heavy atom. The van der Waals surface area contributed by atoms with Crippen LogP contribution >= 0.6 is 46.2 Å². The van der Waals surface area contributed by atoms with Gasteiger partial charge in [-0.1, -0.05) is 35.7 Å². The monoisotopic (exact) mass is 604 g/mol. The molecule has 0 aliphatic heterocycles. The van der Waals surface area contributed by atoms with E-state index in [1.807, 2.05) is 50.2 Å². The summed E-state index contributed by atoms with van der Waals surface area (Å²) in [5, 5.41) is 44.6. The summed E-state index contributed by atoms with van der Waals surface area (Å²) in [7, 11) is 0. The highest BCUT2D eigenvalue weighted by atomic mass is 32.2. The molecule has 2 aromatic heterocycles. The van der Waals surface area contributed by atoms with Gasteiger partial charge < -0.3 is 20.4 Å². The summed E-state index contributed by atoms with van der Waals surface area (Å²) in [5.41, 5.74) is 0. The molecule has 0 unspecified atom stereocenters. The van der Waals surface area contributed by atoms with E-state index in [1.165, 1.54) is 70.5 Å². The lowest BCUT2D eigenvalue weighted by Crippen LogP contribution is -1.99. The first kappa shape index (κ1) is 26.5. The number of hydrogen-bond donors (Lipinski definition) is 4. The average Bonchev–Trinajstić information content (AvgIpc) is 3.47. The highest BCUT2D eigenvalue weighted by Gasteiger charge is 2.22. The minimum absolute atomic E-state index is 0.163. The highest BCUT2D eigenvalue weighted by molar-refractivity contribution is 7.99. The van der Waals surface area contributed by atoms with Gasteiger partial charge >= 0.3 is 0 Å². The van der Waals surface area contributed by atoms with Crippen LogP contribution in [0.5, 0.6) is 23.0 Å². The van der Waals surface area contributed by atoms with Gasteiger partial charge in [-0.3, -0.25) is 4.79 Å². The van der Waals surface area contributed by atoms with Crippen LogP contribution in [-0.4, -0.2) is 36.2 Å². The Morgan fingerprint density at radius 1 is 0.600 bits per heavy atom. The van der Waals surface area contributed by atoms with Crippen molar-refractivity contribution in [3.63, 3.8) is 0 Å². The summed E-state index contributed by atoms with van der Waals surface area (Å²) in [4.78, 5) is 26.2. The number of thiazole rings is 2. The lowest BCUT2D eigenvalue weighted by atomic mass is 10.1. The van der Waals surface area contributed by atoms with Gasteiger partial charge in [0, 0.05) is 19.5 Å². The number of carbonyl (C=O) groups excluding carboxylic acids is 1. The molecule has 40 heavy (non-hydrogen) atoms. The lowest BCUT2D eigenvalue weighted by molar-refractivity contribution is 0.103. The number of phenolic OH excluding ortho intramolecular Hbond substituents is 4. The smallest absolute Gasteiger partial charge is 0.250 e. The number of phenols is 4. The molecule has 0 atom stereocenters. The molecule has 6 rings (SSSR count). The van der Waals surface area contributed by atoms with Crippen molar-refractivity contribution in [2.75, 3.05) is 0 Å². The van der Waals surface area contributed by atoms with Crippen LogP contribution in [0.1, 0.15) is 24.6 Å². The predicted octanol–water partition coefficient (Wildman–Crippen LogP) is 7.88. The van der Waals surface area contributed by atoms with Crippen molar-refractivity contribution in [3.05, 3.63) is 80.4 Å². The normalized spacial score (nSPS) is 11.4. The van der Waals surface area contributed by atoms with E-state index in [4.69, 9.17) is 0 Å². The number of aromatic hydroxyl groups is 4. The summed E-state index contributed by atoms with van der Waals surface area (Å²) in [5.74, 6) is -0.904. The van der Waals surface area contributed by atoms with Crippen LogP contribution in [0.4, 0.5) is 0 Å². The van der Waals surface area contributed by atoms with Gasteiger partial charge in [0.25, 0.3) is 0 Å². The van der Waals surface area contributed by atoms with Crippen molar-refractivity contribution in [2.45, 2.75) is 33.7 Å². The molecule has 0 fully saturated rings. The number of hydrogen-bond acceptors (Lipinski definition) is 11. The SMILES string of the molecule is Cc1sc(C(=O)c2nc(Sc3ccc4cc(O)c(O)cc4c3)c(C)s2)nc1Sc1ccc2cc(O)c(O)cc2c1. The Bertz CT molecular complexity index is 1820. The Morgan fingerprint density at radius 2 is 0.975 bits per heavy atom. The molecule has 0 radical (unpaired) electrons. The number of nitrogens with zero attached hydrogens (tertiary/aromatic N) is 2. The molecule has 0 bridgehead atoms. The largest absolute Gasteiger partial charge is 0.504 e. The number of carbonyl (C=O) groups is 1. The molecule has 0 spiro atoms. The minimum Gasteiger partial charge on any atom is -0.504 e. The molecule has 0 saturated carbocycles. The van der Waals surface area contributed by atoms with Gasteiger partial charge in [-0.05, 0) is 83.9 Å². The van der Waals surface area contributed by atoms with Crippen LogP contribution in [0.3, 0.4) is 0 Å². The van der Waals surface area contributed by atoms with Crippen LogP contribution in [0.2, 0.25) is 0 Å². The molecular formula is C29H20N2O5S4. The fourth-order valence-corrected chi connectivity index (χ4v) is 7.92. The van der Waals surface area contributed by atoms with E-state index in [1.54, 1.807) is 0 Å². The molecule has 0 aliphatic rings. The molecule has 200 valence electrons. The third-order valence-electron chi connectivity index (χ3n) is 6.14. The standard InChI is InChI=1S/C29H20N2O5S4/c1-13-26(39-19-5-3-15-9-21(32)23(34)11-17(15)7-19)30-28(37-13)25(36)29-31-27(14(2)38-29)40-20-6-4-16-10-22(33)24(35)12-18(16)8-20/h3-12,32-35H,1-2H3. The Kier molecular flexibility index (Phi) is 6.83. The maximum absolute atomic E-state index is 13.3. The topological polar surface area (TPSA) is 124 Å². The van der Waals surface area contributed by atoms with E-state index in [0.717, 1.165) is 51.1 Å². The molecule has 11 heteroatoms. The number of aryl methyl sites for hydroxylation is 2. The zero-order chi connectivity index (χ0) is 28.1. The molecule has 0 saturated heterocycles. The first-order valence-corrected chi connectivity index (χ1v) is 15.2. The molecule has 4 aromatic carbocycles. The van der Waals surface area contributed by atoms with E-state index >= 15 is 0 Å². The number of aromatic nitrogens is 2.